The van der Waals surface area contributed by atoms with Gasteiger partial charge in [0, 0.05) is 0 Å². The van der Waals surface area contributed by atoms with Gasteiger partial charge in [0.25, 0.3) is 11.8 Å². The first-order chi connectivity index (χ1) is 16.2. The zero-order valence-electron chi connectivity index (χ0n) is 18.4. The summed E-state index contributed by atoms with van der Waals surface area (Å²) in [5, 5.41) is 3.00. The van der Waals surface area contributed by atoms with Gasteiger partial charge in [-0.05, 0) is 49.7 Å². The zero-order chi connectivity index (χ0) is 24.5. The highest BCUT2D eigenvalue weighted by atomic mass is 19.4. The third-order valence-corrected chi connectivity index (χ3v) is 5.30. The molecule has 1 aliphatic heterocycles. The standard InChI is InChI=1S/C26H21F3N2O3/c1-3-34-21-10-5-4-9-20(21)30-23-22(17-13-11-16(2)12-14-17)24(32)31(25(23)33)19-8-6-7-18(15-19)26(27,28)29/h4-15,30H,3H2,1-2H3. The van der Waals surface area contributed by atoms with E-state index in [1.807, 2.05) is 13.8 Å². The smallest absolute Gasteiger partial charge is 0.416 e. The van der Waals surface area contributed by atoms with Gasteiger partial charge in [-0.2, -0.15) is 13.2 Å². The van der Waals surface area contributed by atoms with E-state index >= 15 is 0 Å². The maximum Gasteiger partial charge on any atom is 0.416 e. The Balaban J connectivity index is 1.83. The normalized spacial score (nSPS) is 14.1. The lowest BCUT2D eigenvalue weighted by Gasteiger charge is -2.17. The highest BCUT2D eigenvalue weighted by Crippen LogP contribution is 2.38. The van der Waals surface area contributed by atoms with E-state index < -0.39 is 23.6 Å². The highest BCUT2D eigenvalue weighted by Gasteiger charge is 2.41. The van der Waals surface area contributed by atoms with Gasteiger partial charge in [-0.3, -0.25) is 9.59 Å². The van der Waals surface area contributed by atoms with Gasteiger partial charge in [-0.1, -0.05) is 48.0 Å². The molecule has 0 fully saturated rings. The highest BCUT2D eigenvalue weighted by molar-refractivity contribution is 6.46. The number of para-hydroxylation sites is 2. The van der Waals surface area contributed by atoms with Gasteiger partial charge in [-0.15, -0.1) is 0 Å². The van der Waals surface area contributed by atoms with Gasteiger partial charge < -0.3 is 10.1 Å². The molecular formula is C26H21F3N2O3. The van der Waals surface area contributed by atoms with Gasteiger partial charge in [0.05, 0.1) is 29.1 Å². The number of nitrogens with one attached hydrogen (secondary N) is 1. The third kappa shape index (κ3) is 4.39. The van der Waals surface area contributed by atoms with E-state index in [1.165, 1.54) is 12.1 Å². The molecule has 0 spiro atoms. The van der Waals surface area contributed by atoms with Crippen molar-refractivity contribution in [2.75, 3.05) is 16.8 Å². The molecule has 1 aliphatic rings. The lowest BCUT2D eigenvalue weighted by molar-refractivity contribution is -0.137. The summed E-state index contributed by atoms with van der Waals surface area (Å²) in [4.78, 5) is 27.7. The summed E-state index contributed by atoms with van der Waals surface area (Å²) >= 11 is 0. The molecule has 0 radical (unpaired) electrons. The number of aryl methyl sites for hydroxylation is 1. The number of hydrogen-bond acceptors (Lipinski definition) is 4. The van der Waals surface area contributed by atoms with E-state index in [9.17, 15) is 22.8 Å². The van der Waals surface area contributed by atoms with E-state index in [2.05, 4.69) is 5.32 Å². The van der Waals surface area contributed by atoms with Crippen molar-refractivity contribution < 1.29 is 27.5 Å². The van der Waals surface area contributed by atoms with Crippen molar-refractivity contribution in [1.29, 1.82) is 0 Å². The molecule has 1 heterocycles. The Bertz CT molecular complexity index is 1280. The van der Waals surface area contributed by atoms with Crippen molar-refractivity contribution in [3.05, 3.63) is 95.2 Å². The van der Waals surface area contributed by atoms with Crippen LogP contribution >= 0.6 is 0 Å². The van der Waals surface area contributed by atoms with Crippen LogP contribution in [-0.2, 0) is 15.8 Å². The summed E-state index contributed by atoms with van der Waals surface area (Å²) in [6.07, 6.45) is -4.62. The van der Waals surface area contributed by atoms with Gasteiger partial charge in [0.1, 0.15) is 11.4 Å². The molecule has 0 saturated heterocycles. The molecule has 0 atom stereocenters. The number of carbonyl (C=O) groups excluding carboxylic acids is 2. The first kappa shape index (κ1) is 23.1. The molecule has 174 valence electrons. The molecule has 1 N–H and O–H groups in total. The van der Waals surface area contributed by atoms with Crippen LogP contribution in [0.2, 0.25) is 0 Å². The number of ether oxygens (including phenoxy) is 1. The summed E-state index contributed by atoms with van der Waals surface area (Å²) in [6, 6.07) is 18.0. The van der Waals surface area contributed by atoms with Gasteiger partial charge in [0.2, 0.25) is 0 Å². The summed E-state index contributed by atoms with van der Waals surface area (Å²) < 4.78 is 45.5. The second-order valence-corrected chi connectivity index (χ2v) is 7.66. The summed E-state index contributed by atoms with van der Waals surface area (Å²) in [5.74, 6) is -1.01. The molecule has 0 bridgehead atoms. The summed E-state index contributed by atoms with van der Waals surface area (Å²) in [7, 11) is 0. The molecule has 2 amide bonds. The number of carbonyl (C=O) groups is 2. The molecule has 4 rings (SSSR count). The van der Waals surface area contributed by atoms with Crippen LogP contribution in [0.3, 0.4) is 0 Å². The Morgan fingerprint density at radius 1 is 0.912 bits per heavy atom. The predicted molar refractivity (Wildman–Crippen MR) is 123 cm³/mol. The topological polar surface area (TPSA) is 58.6 Å². The third-order valence-electron chi connectivity index (χ3n) is 5.30. The number of amides is 2. The van der Waals surface area contributed by atoms with E-state index in [1.54, 1.807) is 48.5 Å². The van der Waals surface area contributed by atoms with E-state index in [0.717, 1.165) is 22.6 Å². The second-order valence-electron chi connectivity index (χ2n) is 7.66. The maximum absolute atomic E-state index is 13.5. The van der Waals surface area contributed by atoms with Crippen LogP contribution in [0.25, 0.3) is 5.57 Å². The minimum Gasteiger partial charge on any atom is -0.492 e. The first-order valence-corrected chi connectivity index (χ1v) is 10.6. The molecule has 0 aromatic heterocycles. The minimum absolute atomic E-state index is 0.0431. The Morgan fingerprint density at radius 2 is 1.62 bits per heavy atom. The van der Waals surface area contributed by atoms with Crippen molar-refractivity contribution in [2.45, 2.75) is 20.0 Å². The van der Waals surface area contributed by atoms with Gasteiger partial charge in [-0.25, -0.2) is 4.90 Å². The van der Waals surface area contributed by atoms with Crippen molar-refractivity contribution in [3.8, 4) is 5.75 Å². The zero-order valence-corrected chi connectivity index (χ0v) is 18.4. The fourth-order valence-electron chi connectivity index (χ4n) is 3.68. The lowest BCUT2D eigenvalue weighted by Crippen LogP contribution is -2.32. The van der Waals surface area contributed by atoms with Crippen LogP contribution in [0.4, 0.5) is 24.5 Å². The molecule has 5 nitrogen and oxygen atoms in total. The number of anilines is 2. The fourth-order valence-corrected chi connectivity index (χ4v) is 3.68. The molecule has 0 aliphatic carbocycles. The first-order valence-electron chi connectivity index (χ1n) is 10.6. The average Bonchev–Trinajstić information content (AvgIpc) is 3.05. The maximum atomic E-state index is 13.5. The number of halogens is 3. The van der Waals surface area contributed by atoms with Crippen molar-refractivity contribution >= 4 is 28.8 Å². The largest absolute Gasteiger partial charge is 0.492 e. The van der Waals surface area contributed by atoms with E-state index in [-0.39, 0.29) is 17.0 Å². The number of imide groups is 1. The molecule has 0 unspecified atom stereocenters. The Kier molecular flexibility index (Phi) is 6.15. The SMILES string of the molecule is CCOc1ccccc1NC1=C(c2ccc(C)cc2)C(=O)N(c2cccc(C(F)(F)F)c2)C1=O. The van der Waals surface area contributed by atoms with Crippen molar-refractivity contribution in [3.63, 3.8) is 0 Å². The monoisotopic (exact) mass is 466 g/mol. The number of alkyl halides is 3. The number of hydrogen-bond donors (Lipinski definition) is 1. The van der Waals surface area contributed by atoms with Crippen LogP contribution in [0.1, 0.15) is 23.6 Å². The van der Waals surface area contributed by atoms with E-state index in [0.29, 0.717) is 23.6 Å². The number of rotatable bonds is 6. The van der Waals surface area contributed by atoms with Crippen molar-refractivity contribution in [2.24, 2.45) is 0 Å². The average molecular weight is 466 g/mol. The molecule has 8 heteroatoms. The van der Waals surface area contributed by atoms with Crippen LogP contribution < -0.4 is 15.0 Å². The quantitative estimate of drug-likeness (QED) is 0.466. The van der Waals surface area contributed by atoms with Crippen molar-refractivity contribution in [1.82, 2.24) is 0 Å². The van der Waals surface area contributed by atoms with Crippen LogP contribution in [0, 0.1) is 6.92 Å². The Hall–Kier alpha value is -4.07. The van der Waals surface area contributed by atoms with E-state index in [4.69, 9.17) is 4.74 Å². The molecule has 0 saturated carbocycles. The van der Waals surface area contributed by atoms with Gasteiger partial charge >= 0.3 is 6.18 Å². The van der Waals surface area contributed by atoms with Gasteiger partial charge in [0.15, 0.2) is 0 Å². The fraction of sp³-hybridized carbons (Fsp3) is 0.154. The van der Waals surface area contributed by atoms with Crippen LogP contribution in [0.5, 0.6) is 5.75 Å². The van der Waals surface area contributed by atoms with Crippen LogP contribution in [-0.4, -0.2) is 18.4 Å². The Morgan fingerprint density at radius 3 is 2.29 bits per heavy atom. The second kappa shape index (κ2) is 9.05. The molecule has 34 heavy (non-hydrogen) atoms. The predicted octanol–water partition coefficient (Wildman–Crippen LogP) is 5.81. The molecular weight excluding hydrogens is 445 g/mol. The molecule has 3 aromatic carbocycles. The number of benzene rings is 3. The summed E-state index contributed by atoms with van der Waals surface area (Å²) in [5.41, 5.74) is 0.778. The number of nitrogens with zero attached hydrogens (tertiary/aromatic N) is 1. The molecule has 3 aromatic rings. The lowest BCUT2D eigenvalue weighted by atomic mass is 10.0. The summed E-state index contributed by atoms with van der Waals surface area (Å²) in [6.45, 7) is 4.07. The minimum atomic E-state index is -4.62. The Labute approximate surface area is 194 Å². The van der Waals surface area contributed by atoms with Crippen LogP contribution in [0.15, 0.2) is 78.5 Å².